The maximum atomic E-state index is 12.9. The number of fused-ring (bicyclic) bond motifs is 1. The molecule has 160 valence electrons. The van der Waals surface area contributed by atoms with Gasteiger partial charge >= 0.3 is 11.9 Å². The number of nitrogens with zero attached hydrogens (tertiary/aromatic N) is 3. The molecule has 1 unspecified atom stereocenters. The van der Waals surface area contributed by atoms with E-state index in [4.69, 9.17) is 15.3 Å². The van der Waals surface area contributed by atoms with Gasteiger partial charge in [-0.15, -0.1) is 23.1 Å². The lowest BCUT2D eigenvalue weighted by Gasteiger charge is -2.46. The van der Waals surface area contributed by atoms with Crippen molar-refractivity contribution in [2.75, 3.05) is 19.5 Å². The second-order valence-corrected chi connectivity index (χ2v) is 8.24. The van der Waals surface area contributed by atoms with Crippen LogP contribution in [0.25, 0.3) is 0 Å². The number of hydrogen-bond donors (Lipinski definition) is 3. The molecule has 1 aromatic rings. The van der Waals surface area contributed by atoms with E-state index in [1.807, 2.05) is 0 Å². The topological polar surface area (TPSA) is 174 Å². The van der Waals surface area contributed by atoms with Crippen molar-refractivity contribution in [1.82, 2.24) is 15.2 Å². The highest BCUT2D eigenvalue weighted by molar-refractivity contribution is 8.00. The molecule has 0 radical (unpaired) electrons. The minimum Gasteiger partial charge on any atom is -0.477 e. The number of oxime groups is 1. The molecule has 3 rings (SSSR count). The number of anilines is 1. The van der Waals surface area contributed by atoms with Gasteiger partial charge in [0.1, 0.15) is 30.5 Å². The van der Waals surface area contributed by atoms with E-state index in [9.17, 15) is 24.3 Å². The van der Waals surface area contributed by atoms with Gasteiger partial charge in [-0.25, -0.2) is 9.78 Å². The van der Waals surface area contributed by atoms with Crippen LogP contribution in [0.1, 0.15) is 19.0 Å². The Bertz CT molecular complexity index is 973. The molecule has 2 amide bonds. The molecule has 0 aromatic carbocycles. The molecule has 0 saturated carbocycles. The lowest BCUT2D eigenvalue weighted by Crippen LogP contribution is -2.58. The Morgan fingerprint density at radius 2 is 2.20 bits per heavy atom. The predicted octanol–water partition coefficient (Wildman–Crippen LogP) is -0.275. The lowest BCUT2D eigenvalue weighted by atomic mass is 10.1. The van der Waals surface area contributed by atoms with Crippen molar-refractivity contribution in [2.24, 2.45) is 5.16 Å². The number of ether oxygens (including phenoxy) is 1. The quantitative estimate of drug-likeness (QED) is 0.215. The molecule has 0 aliphatic carbocycles. The number of nitrogens with two attached hydrogens (primary N) is 1. The third-order valence-corrected chi connectivity index (χ3v) is 6.16. The molecular formula is C16H17N5O7S2. The summed E-state index contributed by atoms with van der Waals surface area (Å²) in [5.74, 6) is -3.08. The number of β-lactam (4-membered cyclic amide) rings is 1. The highest BCUT2D eigenvalue weighted by Gasteiger charge is 2.49. The summed E-state index contributed by atoms with van der Waals surface area (Å²) in [6.45, 7) is 0.754. The van der Waals surface area contributed by atoms with Crippen molar-refractivity contribution in [3.05, 3.63) is 22.3 Å². The van der Waals surface area contributed by atoms with Crippen LogP contribution in [0.4, 0.5) is 5.13 Å². The number of nitrogens with one attached hydrogen (secondary N) is 1. The maximum absolute atomic E-state index is 12.9. The number of carboxylic acids is 1. The number of thioether (sulfide) groups is 1. The Kier molecular flexibility index (Phi) is 6.26. The van der Waals surface area contributed by atoms with Crippen LogP contribution < -0.4 is 11.1 Å². The van der Waals surface area contributed by atoms with Crippen molar-refractivity contribution in [3.63, 3.8) is 0 Å². The maximum Gasteiger partial charge on any atom is 0.352 e. The first-order valence-corrected chi connectivity index (χ1v) is 10.3. The molecule has 1 fully saturated rings. The van der Waals surface area contributed by atoms with E-state index >= 15 is 0 Å². The summed E-state index contributed by atoms with van der Waals surface area (Å²) in [7, 11) is 1.25. The first-order valence-electron chi connectivity index (χ1n) is 8.43. The van der Waals surface area contributed by atoms with E-state index in [-0.39, 0.29) is 40.1 Å². The Morgan fingerprint density at radius 3 is 2.73 bits per heavy atom. The van der Waals surface area contributed by atoms with Crippen LogP contribution in [0, 0.1) is 0 Å². The molecule has 2 aliphatic heterocycles. The smallest absolute Gasteiger partial charge is 0.352 e. The number of rotatable bonds is 7. The second-order valence-electron chi connectivity index (χ2n) is 6.06. The van der Waals surface area contributed by atoms with Gasteiger partial charge in [0.15, 0.2) is 10.8 Å². The summed E-state index contributed by atoms with van der Waals surface area (Å²) >= 11 is 2.26. The zero-order valence-corrected chi connectivity index (χ0v) is 17.4. The van der Waals surface area contributed by atoms with Gasteiger partial charge in [-0.1, -0.05) is 5.16 Å². The Labute approximate surface area is 178 Å². The van der Waals surface area contributed by atoms with E-state index in [0.717, 1.165) is 34.9 Å². The van der Waals surface area contributed by atoms with Crippen molar-refractivity contribution >= 4 is 57.7 Å². The zero-order valence-electron chi connectivity index (χ0n) is 15.8. The summed E-state index contributed by atoms with van der Waals surface area (Å²) in [5.41, 5.74) is 5.38. The Hall–Kier alpha value is -3.13. The number of esters is 1. The minimum absolute atomic E-state index is 0.0647. The summed E-state index contributed by atoms with van der Waals surface area (Å²) in [6.07, 6.45) is 0.121. The molecule has 0 bridgehead atoms. The number of carbonyl (C=O) groups excluding carboxylic acids is 3. The van der Waals surface area contributed by atoms with Crippen LogP contribution >= 0.6 is 23.1 Å². The van der Waals surface area contributed by atoms with E-state index in [1.165, 1.54) is 12.5 Å². The molecule has 1 saturated heterocycles. The van der Waals surface area contributed by atoms with Gasteiger partial charge in [-0.3, -0.25) is 19.3 Å². The number of carbonyl (C=O) groups is 4. The van der Waals surface area contributed by atoms with Gasteiger partial charge in [0, 0.05) is 17.9 Å². The molecule has 0 spiro atoms. The van der Waals surface area contributed by atoms with Crippen LogP contribution in [0.2, 0.25) is 0 Å². The summed E-state index contributed by atoms with van der Waals surface area (Å²) in [4.78, 5) is 57.8. The molecule has 3 heterocycles. The number of nitrogen functional groups attached to an aromatic ring is 1. The van der Waals surface area contributed by atoms with Gasteiger partial charge in [0.2, 0.25) is 5.91 Å². The van der Waals surface area contributed by atoms with Crippen LogP contribution in [-0.4, -0.2) is 68.9 Å². The lowest BCUT2D eigenvalue weighted by molar-refractivity contribution is -0.146. The zero-order chi connectivity index (χ0) is 22.0. The molecule has 1 aromatic heterocycles. The van der Waals surface area contributed by atoms with Crippen LogP contribution in [0.3, 0.4) is 0 Å². The van der Waals surface area contributed by atoms with E-state index in [0.29, 0.717) is 0 Å². The SMILES string of the molecule is CO/N=C(\C(=O)NC1S[C@@H]2CC(=O)N2C(C(=O)O)=C1COC(C)=O)c1csc(N)n1. The van der Waals surface area contributed by atoms with Crippen molar-refractivity contribution in [1.29, 1.82) is 0 Å². The van der Waals surface area contributed by atoms with Gasteiger partial charge < -0.3 is 25.7 Å². The average Bonchev–Trinajstić information content (AvgIpc) is 3.09. The third-order valence-electron chi connectivity index (χ3n) is 4.12. The predicted molar refractivity (Wildman–Crippen MR) is 106 cm³/mol. The number of aromatic nitrogens is 1. The molecule has 14 heteroatoms. The van der Waals surface area contributed by atoms with Gasteiger partial charge in [0.05, 0.1) is 11.8 Å². The second kappa shape index (κ2) is 8.71. The normalized spacial score (nSPS) is 20.9. The Morgan fingerprint density at radius 1 is 1.47 bits per heavy atom. The number of aliphatic carboxylic acids is 1. The van der Waals surface area contributed by atoms with Crippen molar-refractivity contribution in [2.45, 2.75) is 24.1 Å². The first-order chi connectivity index (χ1) is 14.2. The molecular weight excluding hydrogens is 438 g/mol. The van der Waals surface area contributed by atoms with Crippen molar-refractivity contribution in [3.8, 4) is 0 Å². The third kappa shape index (κ3) is 4.23. The largest absolute Gasteiger partial charge is 0.477 e. The van der Waals surface area contributed by atoms with Crippen molar-refractivity contribution < 1.29 is 33.9 Å². The molecule has 4 N–H and O–H groups in total. The van der Waals surface area contributed by atoms with Crippen LogP contribution in [0.5, 0.6) is 0 Å². The summed E-state index contributed by atoms with van der Waals surface area (Å²) in [6, 6.07) is 0. The average molecular weight is 455 g/mol. The molecule has 30 heavy (non-hydrogen) atoms. The highest BCUT2D eigenvalue weighted by atomic mass is 32.2. The molecule has 2 aliphatic rings. The number of amides is 2. The van der Waals surface area contributed by atoms with E-state index in [2.05, 4.69) is 15.5 Å². The van der Waals surface area contributed by atoms with Crippen LogP contribution in [-0.2, 0) is 28.8 Å². The fraction of sp³-hybridized carbons (Fsp3) is 0.375. The summed E-state index contributed by atoms with van der Waals surface area (Å²) in [5, 5.41) is 16.4. The minimum atomic E-state index is -1.37. The fourth-order valence-corrected chi connectivity index (χ4v) is 4.81. The molecule has 12 nitrogen and oxygen atoms in total. The number of carboxylic acid groups (broad SMARTS) is 1. The monoisotopic (exact) mass is 455 g/mol. The van der Waals surface area contributed by atoms with E-state index < -0.39 is 35.2 Å². The van der Waals surface area contributed by atoms with Crippen LogP contribution in [0.15, 0.2) is 21.8 Å². The standard InChI is InChI=1S/C16H17N5O7S2/c1-6(22)28-4-7-12(15(25)26)21-9(23)3-10(21)30-14(7)19-13(24)11(20-27-2)8-5-29-16(17)18-8/h5,10,14H,3-4H2,1-2H3,(H2,17,18)(H,19,24)(H,25,26)/b20-11-/t10-,14?/m1/s1. The number of thiazole rings is 1. The van der Waals surface area contributed by atoms with Gasteiger partial charge in [-0.05, 0) is 0 Å². The fourth-order valence-electron chi connectivity index (χ4n) is 2.85. The highest BCUT2D eigenvalue weighted by Crippen LogP contribution is 2.43. The summed E-state index contributed by atoms with van der Waals surface area (Å²) < 4.78 is 4.97. The number of hydrogen-bond acceptors (Lipinski definition) is 11. The molecule has 2 atom stereocenters. The first kappa shape index (κ1) is 21.6. The Balaban J connectivity index is 1.93. The van der Waals surface area contributed by atoms with E-state index in [1.54, 1.807) is 0 Å². The van der Waals surface area contributed by atoms with Gasteiger partial charge in [0.25, 0.3) is 5.91 Å². The van der Waals surface area contributed by atoms with Gasteiger partial charge in [-0.2, -0.15) is 0 Å².